The van der Waals surface area contributed by atoms with Crippen LogP contribution >= 0.6 is 0 Å². The summed E-state index contributed by atoms with van der Waals surface area (Å²) < 4.78 is 0. The topological polar surface area (TPSA) is 67.1 Å². The zero-order chi connectivity index (χ0) is 12.8. The minimum absolute atomic E-state index is 0.576. The first-order valence-electron chi connectivity index (χ1n) is 6.06. The van der Waals surface area contributed by atoms with Crippen molar-refractivity contribution in [2.24, 2.45) is 0 Å². The smallest absolute Gasteiger partial charge is 0.134 e. The van der Waals surface area contributed by atoms with Gasteiger partial charge in [-0.2, -0.15) is 0 Å². The Morgan fingerprint density at radius 3 is 2.59 bits per heavy atom. The number of nitrogens with zero attached hydrogens (tertiary/aromatic N) is 3. The third-order valence-corrected chi connectivity index (χ3v) is 2.62. The maximum absolute atomic E-state index is 5.85. The molecule has 1 aromatic heterocycles. The van der Waals surface area contributed by atoms with Crippen molar-refractivity contribution >= 4 is 11.6 Å². The predicted octanol–water partition coefficient (Wildman–Crippen LogP) is 1.29. The number of hydrogen-bond acceptors (Lipinski definition) is 5. The van der Waals surface area contributed by atoms with E-state index in [0.29, 0.717) is 5.82 Å². The summed E-state index contributed by atoms with van der Waals surface area (Å²) in [6, 6.07) is 0. The molecule has 3 N–H and O–H groups in total. The van der Waals surface area contributed by atoms with Crippen molar-refractivity contribution in [3.05, 3.63) is 11.4 Å². The average Bonchev–Trinajstić information content (AvgIpc) is 2.29. The Kier molecular flexibility index (Phi) is 5.15. The molecule has 0 fully saturated rings. The SMILES string of the molecule is CCc1nc(N)c(C)c(NCCCN(C)C)n1. The highest BCUT2D eigenvalue weighted by molar-refractivity contribution is 5.54. The Morgan fingerprint density at radius 2 is 2.00 bits per heavy atom. The van der Waals surface area contributed by atoms with Gasteiger partial charge in [-0.05, 0) is 34.0 Å². The van der Waals surface area contributed by atoms with Crippen LogP contribution in [-0.2, 0) is 6.42 Å². The van der Waals surface area contributed by atoms with Gasteiger partial charge in [-0.3, -0.25) is 0 Å². The highest BCUT2D eigenvalue weighted by Crippen LogP contribution is 2.17. The van der Waals surface area contributed by atoms with Crippen molar-refractivity contribution in [2.75, 3.05) is 38.2 Å². The lowest BCUT2D eigenvalue weighted by molar-refractivity contribution is 0.405. The van der Waals surface area contributed by atoms with Gasteiger partial charge < -0.3 is 16.0 Å². The summed E-state index contributed by atoms with van der Waals surface area (Å²) in [6.07, 6.45) is 1.88. The fourth-order valence-electron chi connectivity index (χ4n) is 1.51. The van der Waals surface area contributed by atoms with Gasteiger partial charge in [-0.1, -0.05) is 6.92 Å². The molecule has 1 aromatic rings. The van der Waals surface area contributed by atoms with Crippen molar-refractivity contribution in [1.82, 2.24) is 14.9 Å². The number of aromatic nitrogens is 2. The van der Waals surface area contributed by atoms with Crippen LogP contribution in [-0.4, -0.2) is 42.1 Å². The van der Waals surface area contributed by atoms with E-state index in [-0.39, 0.29) is 0 Å². The van der Waals surface area contributed by atoms with Crippen molar-refractivity contribution in [2.45, 2.75) is 26.7 Å². The molecule has 0 amide bonds. The monoisotopic (exact) mass is 237 g/mol. The lowest BCUT2D eigenvalue weighted by atomic mass is 10.3. The fourth-order valence-corrected chi connectivity index (χ4v) is 1.51. The second-order valence-corrected chi connectivity index (χ2v) is 4.44. The molecule has 0 aliphatic heterocycles. The Bertz CT molecular complexity index is 362. The van der Waals surface area contributed by atoms with Crippen molar-refractivity contribution < 1.29 is 0 Å². The molecule has 0 saturated carbocycles. The Hall–Kier alpha value is -1.36. The Morgan fingerprint density at radius 1 is 1.29 bits per heavy atom. The van der Waals surface area contributed by atoms with Gasteiger partial charge in [0.25, 0.3) is 0 Å². The van der Waals surface area contributed by atoms with Crippen molar-refractivity contribution in [3.8, 4) is 0 Å². The molecule has 0 bridgehead atoms. The summed E-state index contributed by atoms with van der Waals surface area (Å²) in [4.78, 5) is 10.8. The third kappa shape index (κ3) is 4.19. The van der Waals surface area contributed by atoms with Gasteiger partial charge >= 0.3 is 0 Å². The number of hydrogen-bond donors (Lipinski definition) is 2. The average molecular weight is 237 g/mol. The Labute approximate surface area is 103 Å². The summed E-state index contributed by atoms with van der Waals surface area (Å²) in [5.41, 5.74) is 6.79. The molecule has 1 rings (SSSR count). The number of anilines is 2. The van der Waals surface area contributed by atoms with Crippen LogP contribution in [0, 0.1) is 6.92 Å². The normalized spacial score (nSPS) is 10.9. The summed E-state index contributed by atoms with van der Waals surface area (Å²) in [7, 11) is 4.15. The molecule has 0 atom stereocenters. The molecule has 0 unspecified atom stereocenters. The highest BCUT2D eigenvalue weighted by atomic mass is 15.1. The van der Waals surface area contributed by atoms with Crippen LogP contribution in [0.4, 0.5) is 11.6 Å². The Balaban J connectivity index is 2.60. The third-order valence-electron chi connectivity index (χ3n) is 2.62. The van der Waals surface area contributed by atoms with E-state index in [1.807, 2.05) is 13.8 Å². The van der Waals surface area contributed by atoms with Gasteiger partial charge in [0.2, 0.25) is 0 Å². The van der Waals surface area contributed by atoms with Gasteiger partial charge in [0.15, 0.2) is 0 Å². The number of rotatable bonds is 6. The van der Waals surface area contributed by atoms with Crippen LogP contribution in [0.25, 0.3) is 0 Å². The summed E-state index contributed by atoms with van der Waals surface area (Å²) in [6.45, 7) is 5.94. The quantitative estimate of drug-likeness (QED) is 0.730. The van der Waals surface area contributed by atoms with Crippen LogP contribution in [0.1, 0.15) is 24.7 Å². The van der Waals surface area contributed by atoms with Gasteiger partial charge in [0, 0.05) is 18.5 Å². The molecule has 0 radical (unpaired) electrons. The standard InChI is InChI=1S/C12H23N5/c1-5-10-15-11(13)9(2)12(16-10)14-7-6-8-17(3)4/h5-8H2,1-4H3,(H3,13,14,15,16). The fraction of sp³-hybridized carbons (Fsp3) is 0.667. The van der Waals surface area contributed by atoms with Crippen LogP contribution in [0.15, 0.2) is 0 Å². The van der Waals surface area contributed by atoms with E-state index in [9.17, 15) is 0 Å². The molecule has 96 valence electrons. The van der Waals surface area contributed by atoms with E-state index in [0.717, 1.165) is 43.1 Å². The van der Waals surface area contributed by atoms with Crippen LogP contribution in [0.2, 0.25) is 0 Å². The first-order chi connectivity index (χ1) is 8.04. The number of nitrogens with one attached hydrogen (secondary N) is 1. The number of aryl methyl sites for hydroxylation is 1. The van der Waals surface area contributed by atoms with E-state index >= 15 is 0 Å². The summed E-state index contributed by atoms with van der Waals surface area (Å²) in [5, 5.41) is 3.33. The first kappa shape index (κ1) is 13.7. The van der Waals surface area contributed by atoms with E-state index in [1.54, 1.807) is 0 Å². The summed E-state index contributed by atoms with van der Waals surface area (Å²) >= 11 is 0. The largest absolute Gasteiger partial charge is 0.383 e. The van der Waals surface area contributed by atoms with Crippen molar-refractivity contribution in [3.63, 3.8) is 0 Å². The molecule has 0 aromatic carbocycles. The lowest BCUT2D eigenvalue weighted by Crippen LogP contribution is -2.17. The zero-order valence-corrected chi connectivity index (χ0v) is 11.2. The maximum atomic E-state index is 5.85. The predicted molar refractivity (Wildman–Crippen MR) is 72.2 cm³/mol. The molecule has 5 heteroatoms. The lowest BCUT2D eigenvalue weighted by Gasteiger charge is -2.13. The maximum Gasteiger partial charge on any atom is 0.134 e. The van der Waals surface area contributed by atoms with E-state index in [1.165, 1.54) is 0 Å². The van der Waals surface area contributed by atoms with E-state index < -0.39 is 0 Å². The molecule has 0 saturated heterocycles. The molecule has 0 aliphatic carbocycles. The summed E-state index contributed by atoms with van der Waals surface area (Å²) in [5.74, 6) is 2.24. The van der Waals surface area contributed by atoms with Gasteiger partial charge in [0.1, 0.15) is 17.5 Å². The van der Waals surface area contributed by atoms with Gasteiger partial charge in [-0.25, -0.2) is 9.97 Å². The van der Waals surface area contributed by atoms with Crippen LogP contribution in [0.5, 0.6) is 0 Å². The minimum Gasteiger partial charge on any atom is -0.383 e. The second kappa shape index (κ2) is 6.39. The van der Waals surface area contributed by atoms with Gasteiger partial charge in [0.05, 0.1) is 0 Å². The van der Waals surface area contributed by atoms with Crippen LogP contribution < -0.4 is 11.1 Å². The highest BCUT2D eigenvalue weighted by Gasteiger charge is 2.06. The van der Waals surface area contributed by atoms with E-state index in [4.69, 9.17) is 5.73 Å². The first-order valence-corrected chi connectivity index (χ1v) is 6.06. The van der Waals surface area contributed by atoms with E-state index in [2.05, 4.69) is 34.3 Å². The van der Waals surface area contributed by atoms with Gasteiger partial charge in [-0.15, -0.1) is 0 Å². The molecule has 17 heavy (non-hydrogen) atoms. The van der Waals surface area contributed by atoms with Crippen molar-refractivity contribution in [1.29, 1.82) is 0 Å². The minimum atomic E-state index is 0.576. The second-order valence-electron chi connectivity index (χ2n) is 4.44. The molecular formula is C12H23N5. The number of nitrogen functional groups attached to an aromatic ring is 1. The molecule has 0 aliphatic rings. The molecule has 1 heterocycles. The molecular weight excluding hydrogens is 214 g/mol. The molecule has 5 nitrogen and oxygen atoms in total. The van der Waals surface area contributed by atoms with Crippen LogP contribution in [0.3, 0.4) is 0 Å². The zero-order valence-electron chi connectivity index (χ0n) is 11.2. The molecule has 0 spiro atoms. The number of nitrogens with two attached hydrogens (primary N) is 1.